The van der Waals surface area contributed by atoms with Crippen molar-refractivity contribution < 1.29 is 14.3 Å². The summed E-state index contributed by atoms with van der Waals surface area (Å²) >= 11 is 0. The number of ketones is 1. The zero-order valence-electron chi connectivity index (χ0n) is 17.4. The highest BCUT2D eigenvalue weighted by atomic mass is 16.5. The van der Waals surface area contributed by atoms with Crippen LogP contribution in [0.2, 0.25) is 0 Å². The van der Waals surface area contributed by atoms with Gasteiger partial charge in [0, 0.05) is 24.1 Å². The number of nitrogens with zero attached hydrogens (tertiary/aromatic N) is 2. The minimum Gasteiger partial charge on any atom is -0.489 e. The molecule has 7 nitrogen and oxygen atoms in total. The highest BCUT2D eigenvalue weighted by Crippen LogP contribution is 2.44. The molecule has 30 heavy (non-hydrogen) atoms. The van der Waals surface area contributed by atoms with E-state index in [4.69, 9.17) is 16.4 Å². The quantitative estimate of drug-likeness (QED) is 0.315. The van der Waals surface area contributed by atoms with Gasteiger partial charge in [-0.1, -0.05) is 12.1 Å². The Bertz CT molecular complexity index is 980. The Kier molecular flexibility index (Phi) is 5.49. The molecule has 4 rings (SSSR count). The standard InChI is InChI=1S/C23H28N4O3/c1-14-12-17(22(28)16-8-9-16)10-11-21(14)30-13-19-18(15-6-7-15)4-3-5-20(19)27(25)23(29)26(2)24/h3-5,10-12,15-16H,6-9,13,24-25H2,1-2H3. The number of hydrazine groups is 2. The molecule has 0 atom stereocenters. The number of rotatable bonds is 7. The van der Waals surface area contributed by atoms with Crippen molar-refractivity contribution >= 4 is 17.5 Å². The van der Waals surface area contributed by atoms with Crippen molar-refractivity contribution in [2.75, 3.05) is 12.1 Å². The molecular formula is C23H28N4O3. The molecule has 2 aromatic rings. The number of Topliss-reactive ketones (excluding diaryl/α,β-unsaturated/α-hetero) is 1. The first-order valence-electron chi connectivity index (χ1n) is 10.3. The van der Waals surface area contributed by atoms with E-state index in [2.05, 4.69) is 6.07 Å². The van der Waals surface area contributed by atoms with Crippen LogP contribution >= 0.6 is 0 Å². The molecule has 0 saturated heterocycles. The average molecular weight is 409 g/mol. The maximum Gasteiger partial charge on any atom is 0.352 e. The van der Waals surface area contributed by atoms with Crippen LogP contribution in [0.5, 0.6) is 5.75 Å². The van der Waals surface area contributed by atoms with E-state index in [1.165, 1.54) is 7.05 Å². The second-order valence-electron chi connectivity index (χ2n) is 8.29. The molecule has 2 amide bonds. The Morgan fingerprint density at radius 1 is 1.10 bits per heavy atom. The first-order valence-corrected chi connectivity index (χ1v) is 10.3. The molecular weight excluding hydrogens is 380 g/mol. The molecule has 158 valence electrons. The highest BCUT2D eigenvalue weighted by Gasteiger charge is 2.31. The molecule has 7 heteroatoms. The number of nitrogens with two attached hydrogens (primary N) is 2. The summed E-state index contributed by atoms with van der Waals surface area (Å²) in [4.78, 5) is 24.6. The Labute approximate surface area is 176 Å². The van der Waals surface area contributed by atoms with E-state index in [0.29, 0.717) is 17.4 Å². The minimum atomic E-state index is -0.511. The van der Waals surface area contributed by atoms with Gasteiger partial charge >= 0.3 is 6.03 Å². The molecule has 2 aromatic carbocycles. The normalized spacial score (nSPS) is 15.6. The first kappa shape index (κ1) is 20.4. The number of hydrogen-bond donors (Lipinski definition) is 2. The summed E-state index contributed by atoms with van der Waals surface area (Å²) in [6, 6.07) is 10.8. The number of amides is 2. The molecule has 0 spiro atoms. The van der Waals surface area contributed by atoms with Crippen LogP contribution in [-0.4, -0.2) is 23.9 Å². The zero-order chi connectivity index (χ0) is 21.4. The molecule has 0 unspecified atom stereocenters. The van der Waals surface area contributed by atoms with Gasteiger partial charge in [-0.25, -0.2) is 21.5 Å². The van der Waals surface area contributed by atoms with Crippen LogP contribution in [0.1, 0.15) is 58.6 Å². The lowest BCUT2D eigenvalue weighted by atomic mass is 10.0. The third kappa shape index (κ3) is 4.17. The largest absolute Gasteiger partial charge is 0.489 e. The Hall–Kier alpha value is -2.90. The van der Waals surface area contributed by atoms with Crippen LogP contribution in [-0.2, 0) is 6.61 Å². The fourth-order valence-corrected chi connectivity index (χ4v) is 3.72. The van der Waals surface area contributed by atoms with Gasteiger partial charge in [-0.2, -0.15) is 0 Å². The van der Waals surface area contributed by atoms with Gasteiger partial charge in [-0.3, -0.25) is 9.80 Å². The van der Waals surface area contributed by atoms with Crippen LogP contribution in [0, 0.1) is 12.8 Å². The predicted molar refractivity (Wildman–Crippen MR) is 115 cm³/mol. The van der Waals surface area contributed by atoms with E-state index in [-0.39, 0.29) is 18.3 Å². The fraction of sp³-hybridized carbons (Fsp3) is 0.391. The number of aryl methyl sites for hydroxylation is 1. The van der Waals surface area contributed by atoms with E-state index in [9.17, 15) is 9.59 Å². The van der Waals surface area contributed by atoms with Crippen molar-refractivity contribution in [1.29, 1.82) is 0 Å². The molecule has 0 aliphatic heterocycles. The maximum absolute atomic E-state index is 12.3. The number of carbonyl (C=O) groups excluding carboxylic acids is 2. The number of hydrogen-bond acceptors (Lipinski definition) is 5. The molecule has 0 heterocycles. The van der Waals surface area contributed by atoms with Crippen molar-refractivity contribution in [1.82, 2.24) is 5.01 Å². The number of anilines is 1. The second-order valence-corrected chi connectivity index (χ2v) is 8.29. The van der Waals surface area contributed by atoms with Crippen LogP contribution < -0.4 is 21.4 Å². The van der Waals surface area contributed by atoms with Crippen LogP contribution in [0.25, 0.3) is 0 Å². The lowest BCUT2D eigenvalue weighted by Gasteiger charge is -2.25. The van der Waals surface area contributed by atoms with E-state index in [1.54, 1.807) is 6.07 Å². The summed E-state index contributed by atoms with van der Waals surface area (Å²) in [5.41, 5.74) is 4.27. The lowest BCUT2D eigenvalue weighted by Crippen LogP contribution is -2.49. The summed E-state index contributed by atoms with van der Waals surface area (Å²) < 4.78 is 6.13. The van der Waals surface area contributed by atoms with E-state index < -0.39 is 6.03 Å². The van der Waals surface area contributed by atoms with E-state index >= 15 is 0 Å². The molecule has 2 aliphatic rings. The number of ether oxygens (including phenoxy) is 1. The molecule has 0 bridgehead atoms. The Balaban J connectivity index is 1.58. The van der Waals surface area contributed by atoms with Gasteiger partial charge in [0.25, 0.3) is 0 Å². The van der Waals surface area contributed by atoms with Crippen molar-refractivity contribution in [3.63, 3.8) is 0 Å². The van der Waals surface area contributed by atoms with Gasteiger partial charge in [0.2, 0.25) is 0 Å². The van der Waals surface area contributed by atoms with Gasteiger partial charge in [-0.05, 0) is 73.9 Å². The summed E-state index contributed by atoms with van der Waals surface area (Å²) in [7, 11) is 1.46. The van der Waals surface area contributed by atoms with Crippen LogP contribution in [0.3, 0.4) is 0 Å². The predicted octanol–water partition coefficient (Wildman–Crippen LogP) is 3.65. The third-order valence-electron chi connectivity index (χ3n) is 5.75. The average Bonchev–Trinajstić information content (AvgIpc) is 3.64. The molecule has 0 radical (unpaired) electrons. The van der Waals surface area contributed by atoms with Crippen molar-refractivity contribution in [3.8, 4) is 5.75 Å². The zero-order valence-corrected chi connectivity index (χ0v) is 17.4. The summed E-state index contributed by atoms with van der Waals surface area (Å²) in [5, 5.41) is 2.02. The minimum absolute atomic E-state index is 0.192. The SMILES string of the molecule is Cc1cc(C(=O)C2CC2)ccc1OCc1c(C2CC2)cccc1N(N)C(=O)N(C)N. The van der Waals surface area contributed by atoms with Gasteiger partial charge in [0.1, 0.15) is 12.4 Å². The van der Waals surface area contributed by atoms with Gasteiger partial charge in [0.05, 0.1) is 5.69 Å². The topological polar surface area (TPSA) is 102 Å². The van der Waals surface area contributed by atoms with Crippen molar-refractivity contribution in [3.05, 3.63) is 58.7 Å². The summed E-state index contributed by atoms with van der Waals surface area (Å²) in [5.74, 6) is 13.3. The molecule has 2 saturated carbocycles. The smallest absolute Gasteiger partial charge is 0.352 e. The van der Waals surface area contributed by atoms with E-state index in [0.717, 1.165) is 58.0 Å². The van der Waals surface area contributed by atoms with Gasteiger partial charge in [-0.15, -0.1) is 0 Å². The lowest BCUT2D eigenvalue weighted by molar-refractivity contribution is 0.0967. The monoisotopic (exact) mass is 408 g/mol. The first-order chi connectivity index (χ1) is 14.4. The van der Waals surface area contributed by atoms with Crippen LogP contribution in [0.4, 0.5) is 10.5 Å². The molecule has 4 N–H and O–H groups in total. The Morgan fingerprint density at radius 3 is 2.43 bits per heavy atom. The second kappa shape index (κ2) is 8.08. The van der Waals surface area contributed by atoms with Crippen molar-refractivity contribution in [2.45, 2.75) is 45.1 Å². The van der Waals surface area contributed by atoms with E-state index in [1.807, 2.05) is 31.2 Å². The van der Waals surface area contributed by atoms with Crippen molar-refractivity contribution in [2.24, 2.45) is 17.6 Å². The summed E-state index contributed by atoms with van der Waals surface area (Å²) in [6.45, 7) is 2.21. The highest BCUT2D eigenvalue weighted by molar-refractivity contribution is 5.99. The third-order valence-corrected chi connectivity index (χ3v) is 5.75. The molecule has 0 aromatic heterocycles. The molecule has 2 aliphatic carbocycles. The van der Waals surface area contributed by atoms with Crippen LogP contribution in [0.15, 0.2) is 36.4 Å². The number of benzene rings is 2. The summed E-state index contributed by atoms with van der Waals surface area (Å²) in [6.07, 6.45) is 4.21. The molecule has 2 fully saturated rings. The Morgan fingerprint density at radius 2 is 1.83 bits per heavy atom. The van der Waals surface area contributed by atoms with Gasteiger partial charge in [0.15, 0.2) is 5.78 Å². The fourth-order valence-electron chi connectivity index (χ4n) is 3.72. The maximum atomic E-state index is 12.3. The van der Waals surface area contributed by atoms with Gasteiger partial charge < -0.3 is 4.74 Å². The number of carbonyl (C=O) groups is 2. The number of urea groups is 1.